The fourth-order valence-corrected chi connectivity index (χ4v) is 5.31. The summed E-state index contributed by atoms with van der Waals surface area (Å²) in [5.41, 5.74) is 1.89. The van der Waals surface area contributed by atoms with Crippen molar-refractivity contribution in [3.05, 3.63) is 63.7 Å². The van der Waals surface area contributed by atoms with E-state index >= 15 is 0 Å². The van der Waals surface area contributed by atoms with E-state index < -0.39 is 17.7 Å². The predicted octanol–water partition coefficient (Wildman–Crippen LogP) is 5.81. The van der Waals surface area contributed by atoms with Gasteiger partial charge in [-0.3, -0.25) is 9.59 Å². The highest BCUT2D eigenvalue weighted by molar-refractivity contribution is 6.46. The highest BCUT2D eigenvalue weighted by atomic mass is 35.5. The molecule has 1 N–H and O–H groups in total. The Morgan fingerprint density at radius 2 is 1.82 bits per heavy atom. The third-order valence-corrected chi connectivity index (χ3v) is 6.79. The summed E-state index contributed by atoms with van der Waals surface area (Å²) in [7, 11) is 1.46. The first-order chi connectivity index (χ1) is 16.4. The largest absolute Gasteiger partial charge is 0.507 e. The quantitative estimate of drug-likeness (QED) is 0.305. The van der Waals surface area contributed by atoms with Crippen molar-refractivity contribution < 1.29 is 24.2 Å². The molecule has 1 unspecified atom stereocenters. The van der Waals surface area contributed by atoms with E-state index in [1.165, 1.54) is 7.11 Å². The van der Waals surface area contributed by atoms with Crippen molar-refractivity contribution in [2.45, 2.75) is 58.0 Å². The van der Waals surface area contributed by atoms with Crippen LogP contribution in [-0.2, 0) is 9.59 Å². The van der Waals surface area contributed by atoms with Crippen molar-refractivity contribution in [1.29, 1.82) is 0 Å². The summed E-state index contributed by atoms with van der Waals surface area (Å²) in [5.74, 6) is -0.574. The maximum absolute atomic E-state index is 13.3. The van der Waals surface area contributed by atoms with E-state index in [2.05, 4.69) is 0 Å². The van der Waals surface area contributed by atoms with Gasteiger partial charge in [0.15, 0.2) is 0 Å². The summed E-state index contributed by atoms with van der Waals surface area (Å²) >= 11 is 6.36. The lowest BCUT2D eigenvalue weighted by Crippen LogP contribution is -2.37. The highest BCUT2D eigenvalue weighted by Gasteiger charge is 2.49. The van der Waals surface area contributed by atoms with Gasteiger partial charge in [0.25, 0.3) is 11.7 Å². The molecule has 1 aliphatic carbocycles. The lowest BCUT2D eigenvalue weighted by molar-refractivity contribution is -0.141. The Morgan fingerprint density at radius 3 is 2.44 bits per heavy atom. The minimum absolute atomic E-state index is 0.0502. The Morgan fingerprint density at radius 1 is 1.15 bits per heavy atom. The van der Waals surface area contributed by atoms with Crippen molar-refractivity contribution in [2.24, 2.45) is 0 Å². The molecular weight excluding hydrogens is 454 g/mol. The molecule has 1 saturated carbocycles. The van der Waals surface area contributed by atoms with Gasteiger partial charge in [0.1, 0.15) is 17.3 Å². The van der Waals surface area contributed by atoms with Crippen LogP contribution in [0.3, 0.4) is 0 Å². The standard InChI is InChI=1S/C27H30ClNO5/c1-4-13-34-19-11-9-17(10-12-19)23-22(25(31)27(32)29(23)18-7-5-6-8-18)24(30)20-14-16(2)15-21(28)26(20)33-3/h9-12,14-15,18,23,30H,4-8,13H2,1-3H3/b24-22+. The molecular formula is C27H30ClNO5. The number of ketones is 1. The van der Waals surface area contributed by atoms with Crippen molar-refractivity contribution >= 4 is 29.1 Å². The number of hydrogen-bond acceptors (Lipinski definition) is 5. The minimum Gasteiger partial charge on any atom is -0.507 e. The summed E-state index contributed by atoms with van der Waals surface area (Å²) < 4.78 is 11.1. The van der Waals surface area contributed by atoms with Crippen LogP contribution in [-0.4, -0.2) is 41.5 Å². The number of carbonyl (C=O) groups is 2. The average Bonchev–Trinajstić information content (AvgIpc) is 3.44. The monoisotopic (exact) mass is 483 g/mol. The molecule has 1 atom stereocenters. The van der Waals surface area contributed by atoms with E-state index in [4.69, 9.17) is 21.1 Å². The van der Waals surface area contributed by atoms with Crippen molar-refractivity contribution in [3.63, 3.8) is 0 Å². The van der Waals surface area contributed by atoms with Crippen molar-refractivity contribution in [2.75, 3.05) is 13.7 Å². The second kappa shape index (κ2) is 10.1. The number of halogens is 1. The Hall–Kier alpha value is -2.99. The molecule has 7 heteroatoms. The maximum Gasteiger partial charge on any atom is 0.295 e. The van der Waals surface area contributed by atoms with Gasteiger partial charge in [0.2, 0.25) is 0 Å². The summed E-state index contributed by atoms with van der Waals surface area (Å²) in [6.45, 7) is 4.48. The Bertz CT molecular complexity index is 1120. The third-order valence-electron chi connectivity index (χ3n) is 6.51. The molecule has 0 spiro atoms. The number of rotatable bonds is 7. The maximum atomic E-state index is 13.3. The van der Waals surface area contributed by atoms with Gasteiger partial charge in [-0.15, -0.1) is 0 Å². The first kappa shape index (κ1) is 24.1. The number of methoxy groups -OCH3 is 1. The molecule has 1 heterocycles. The number of aliphatic hydroxyl groups excluding tert-OH is 1. The third kappa shape index (κ3) is 4.39. The molecule has 1 saturated heterocycles. The van der Waals surface area contributed by atoms with Gasteiger partial charge in [-0.25, -0.2) is 0 Å². The highest BCUT2D eigenvalue weighted by Crippen LogP contribution is 2.45. The van der Waals surface area contributed by atoms with Gasteiger partial charge in [0, 0.05) is 6.04 Å². The number of carbonyl (C=O) groups excluding carboxylic acids is 2. The van der Waals surface area contributed by atoms with Crippen LogP contribution in [0.1, 0.15) is 61.8 Å². The average molecular weight is 484 g/mol. The lowest BCUT2D eigenvalue weighted by atomic mass is 9.94. The van der Waals surface area contributed by atoms with E-state index in [0.29, 0.717) is 17.2 Å². The number of aliphatic hydroxyl groups is 1. The number of hydrogen-bond donors (Lipinski definition) is 1. The van der Waals surface area contributed by atoms with Gasteiger partial charge in [-0.05, 0) is 61.6 Å². The molecule has 0 aromatic heterocycles. The van der Waals surface area contributed by atoms with E-state index in [-0.39, 0.29) is 23.1 Å². The molecule has 2 fully saturated rings. The topological polar surface area (TPSA) is 76.1 Å². The summed E-state index contributed by atoms with van der Waals surface area (Å²) in [5, 5.41) is 11.8. The molecule has 0 bridgehead atoms. The van der Waals surface area contributed by atoms with Gasteiger partial charge in [0.05, 0.1) is 35.9 Å². The van der Waals surface area contributed by atoms with Crippen LogP contribution in [0.2, 0.25) is 5.02 Å². The van der Waals surface area contributed by atoms with E-state index in [1.807, 2.05) is 38.1 Å². The SMILES string of the molecule is CCCOc1ccc(C2/C(=C(\O)c3cc(C)cc(Cl)c3OC)C(=O)C(=O)N2C2CCCC2)cc1. The molecule has 1 aliphatic heterocycles. The number of ether oxygens (including phenoxy) is 2. The zero-order valence-corrected chi connectivity index (χ0v) is 20.5. The number of aryl methyl sites for hydroxylation is 1. The molecule has 6 nitrogen and oxygen atoms in total. The zero-order valence-electron chi connectivity index (χ0n) is 19.8. The number of likely N-dealkylation sites (tertiary alicyclic amines) is 1. The minimum atomic E-state index is -0.702. The molecule has 0 radical (unpaired) electrons. The first-order valence-electron chi connectivity index (χ1n) is 11.7. The molecule has 2 aromatic carbocycles. The predicted molar refractivity (Wildman–Crippen MR) is 131 cm³/mol. The smallest absolute Gasteiger partial charge is 0.295 e. The van der Waals surface area contributed by atoms with Crippen LogP contribution in [0, 0.1) is 6.92 Å². The van der Waals surface area contributed by atoms with Crippen molar-refractivity contribution in [3.8, 4) is 11.5 Å². The van der Waals surface area contributed by atoms with Crippen LogP contribution in [0.15, 0.2) is 42.0 Å². The van der Waals surface area contributed by atoms with Crippen LogP contribution < -0.4 is 9.47 Å². The Balaban J connectivity index is 1.87. The summed E-state index contributed by atoms with van der Waals surface area (Å²) in [4.78, 5) is 28.3. The fraction of sp³-hybridized carbons (Fsp3) is 0.407. The second-order valence-corrected chi connectivity index (χ2v) is 9.30. The molecule has 180 valence electrons. The number of benzene rings is 2. The van der Waals surface area contributed by atoms with Crippen LogP contribution in [0.5, 0.6) is 11.5 Å². The molecule has 34 heavy (non-hydrogen) atoms. The van der Waals surface area contributed by atoms with Crippen molar-refractivity contribution in [1.82, 2.24) is 4.90 Å². The van der Waals surface area contributed by atoms with Crippen LogP contribution in [0.4, 0.5) is 0 Å². The van der Waals surface area contributed by atoms with E-state index in [9.17, 15) is 14.7 Å². The van der Waals surface area contributed by atoms with Gasteiger partial charge < -0.3 is 19.5 Å². The number of nitrogens with zero attached hydrogens (tertiary/aromatic N) is 1. The van der Waals surface area contributed by atoms with E-state index in [0.717, 1.165) is 49.0 Å². The van der Waals surface area contributed by atoms with Gasteiger partial charge in [-0.1, -0.05) is 43.5 Å². The zero-order chi connectivity index (χ0) is 24.4. The first-order valence-corrected chi connectivity index (χ1v) is 12.1. The van der Waals surface area contributed by atoms with Gasteiger partial charge >= 0.3 is 0 Å². The number of Topliss-reactive ketones (excluding diaryl/α,β-unsaturated/α-hetero) is 1. The molecule has 1 amide bonds. The normalized spacial score (nSPS) is 20.2. The molecule has 2 aromatic rings. The fourth-order valence-electron chi connectivity index (χ4n) is 4.96. The summed E-state index contributed by atoms with van der Waals surface area (Å²) in [6, 6.07) is 10.1. The molecule has 2 aliphatic rings. The van der Waals surface area contributed by atoms with Crippen LogP contribution in [0.25, 0.3) is 5.76 Å². The second-order valence-electron chi connectivity index (χ2n) is 8.89. The molecule has 4 rings (SSSR count). The van der Waals surface area contributed by atoms with E-state index in [1.54, 1.807) is 17.0 Å². The Kier molecular flexibility index (Phi) is 7.17. The summed E-state index contributed by atoms with van der Waals surface area (Å²) in [6.07, 6.45) is 4.57. The number of amides is 1. The lowest BCUT2D eigenvalue weighted by Gasteiger charge is -2.31. The van der Waals surface area contributed by atoms with Crippen LogP contribution >= 0.6 is 11.6 Å². The Labute approximate surface area is 205 Å². The van der Waals surface area contributed by atoms with Gasteiger partial charge in [-0.2, -0.15) is 0 Å².